The van der Waals surface area contributed by atoms with E-state index in [1.165, 1.54) is 5.56 Å². The van der Waals surface area contributed by atoms with Gasteiger partial charge in [-0.15, -0.1) is 0 Å². The molecular formula is C23H27N5O2. The van der Waals surface area contributed by atoms with E-state index in [2.05, 4.69) is 32.3 Å². The van der Waals surface area contributed by atoms with Crippen molar-refractivity contribution in [2.45, 2.75) is 45.8 Å². The highest BCUT2D eigenvalue weighted by atomic mass is 16.5. The predicted molar refractivity (Wildman–Crippen MR) is 115 cm³/mol. The van der Waals surface area contributed by atoms with Crippen molar-refractivity contribution in [1.29, 1.82) is 0 Å². The first-order chi connectivity index (χ1) is 14.5. The van der Waals surface area contributed by atoms with Gasteiger partial charge in [0.1, 0.15) is 17.9 Å². The van der Waals surface area contributed by atoms with Gasteiger partial charge < -0.3 is 15.0 Å². The molecule has 0 aliphatic carbocycles. The van der Waals surface area contributed by atoms with Crippen molar-refractivity contribution in [2.75, 3.05) is 24.5 Å². The Kier molecular flexibility index (Phi) is 4.68. The molecule has 156 valence electrons. The third-order valence-corrected chi connectivity index (χ3v) is 6.43. The van der Waals surface area contributed by atoms with Crippen molar-refractivity contribution in [2.24, 2.45) is 10.4 Å². The second-order valence-corrected chi connectivity index (χ2v) is 8.69. The van der Waals surface area contributed by atoms with Crippen LogP contribution >= 0.6 is 0 Å². The number of fused-ring (bicyclic) bond motifs is 1. The number of nitrogens with one attached hydrogen (secondary N) is 1. The fourth-order valence-electron chi connectivity index (χ4n) is 4.73. The Morgan fingerprint density at radius 1 is 1.13 bits per heavy atom. The second-order valence-electron chi connectivity index (χ2n) is 8.69. The van der Waals surface area contributed by atoms with E-state index >= 15 is 0 Å². The molecule has 1 amide bonds. The molecule has 0 unspecified atom stereocenters. The normalized spacial score (nSPS) is 19.8. The summed E-state index contributed by atoms with van der Waals surface area (Å²) in [5.41, 5.74) is 3.82. The second kappa shape index (κ2) is 7.38. The summed E-state index contributed by atoms with van der Waals surface area (Å²) in [7, 11) is 0. The third kappa shape index (κ3) is 3.32. The molecule has 0 saturated carbocycles. The lowest BCUT2D eigenvalue weighted by Gasteiger charge is -2.37. The minimum Gasteiger partial charge on any atom is -0.491 e. The molecule has 1 N–H and O–H groups in total. The summed E-state index contributed by atoms with van der Waals surface area (Å²) >= 11 is 0. The molecule has 2 saturated heterocycles. The van der Waals surface area contributed by atoms with Gasteiger partial charge in [0.2, 0.25) is 5.91 Å². The SMILES string of the molecule is CC(C)Oc1ccc2c(c1)C(c1cc(N3CCC4(CCNC4=O)CC3)ncn1)=NC2. The van der Waals surface area contributed by atoms with E-state index < -0.39 is 0 Å². The molecule has 3 aliphatic rings. The number of carbonyl (C=O) groups excluding carboxylic acids is 1. The number of hydrogen-bond donors (Lipinski definition) is 1. The number of aliphatic imine (C=N–C) groups is 1. The number of rotatable bonds is 4. The first kappa shape index (κ1) is 19.0. The van der Waals surface area contributed by atoms with Crippen molar-refractivity contribution in [3.63, 3.8) is 0 Å². The van der Waals surface area contributed by atoms with Crippen LogP contribution in [-0.2, 0) is 11.3 Å². The van der Waals surface area contributed by atoms with E-state index in [9.17, 15) is 4.79 Å². The van der Waals surface area contributed by atoms with Crippen LogP contribution in [0.3, 0.4) is 0 Å². The number of ether oxygens (including phenoxy) is 1. The number of benzene rings is 1. The van der Waals surface area contributed by atoms with Crippen molar-refractivity contribution < 1.29 is 9.53 Å². The molecule has 7 nitrogen and oxygen atoms in total. The van der Waals surface area contributed by atoms with E-state index in [1.54, 1.807) is 6.33 Å². The Hall–Kier alpha value is -2.96. The largest absolute Gasteiger partial charge is 0.491 e. The van der Waals surface area contributed by atoms with Gasteiger partial charge in [-0.3, -0.25) is 9.79 Å². The van der Waals surface area contributed by atoms with Gasteiger partial charge in [0.25, 0.3) is 0 Å². The molecule has 0 radical (unpaired) electrons. The number of carbonyl (C=O) groups is 1. The average molecular weight is 406 g/mol. The quantitative estimate of drug-likeness (QED) is 0.846. The van der Waals surface area contributed by atoms with Crippen molar-refractivity contribution in [3.05, 3.63) is 47.4 Å². The van der Waals surface area contributed by atoms with Crippen LogP contribution in [-0.4, -0.2) is 47.3 Å². The van der Waals surface area contributed by atoms with E-state index in [0.717, 1.165) is 67.4 Å². The maximum atomic E-state index is 12.3. The maximum Gasteiger partial charge on any atom is 0.226 e. The van der Waals surface area contributed by atoms with E-state index in [-0.39, 0.29) is 17.4 Å². The summed E-state index contributed by atoms with van der Waals surface area (Å²) in [4.78, 5) is 28.3. The van der Waals surface area contributed by atoms with E-state index in [0.29, 0.717) is 6.54 Å². The molecule has 3 aliphatic heterocycles. The van der Waals surface area contributed by atoms with Gasteiger partial charge in [0.15, 0.2) is 0 Å². The predicted octanol–water partition coefficient (Wildman–Crippen LogP) is 2.72. The van der Waals surface area contributed by atoms with Crippen LogP contribution in [0.1, 0.15) is 49.9 Å². The number of nitrogens with zero attached hydrogens (tertiary/aromatic N) is 4. The monoisotopic (exact) mass is 405 g/mol. The molecular weight excluding hydrogens is 378 g/mol. The summed E-state index contributed by atoms with van der Waals surface area (Å²) in [6, 6.07) is 8.18. The molecule has 0 bridgehead atoms. The lowest BCUT2D eigenvalue weighted by Crippen LogP contribution is -2.44. The smallest absolute Gasteiger partial charge is 0.226 e. The lowest BCUT2D eigenvalue weighted by atomic mass is 9.77. The number of piperidine rings is 1. The number of hydrogen-bond acceptors (Lipinski definition) is 6. The van der Waals surface area contributed by atoms with Crippen LogP contribution in [0.5, 0.6) is 5.75 Å². The molecule has 5 rings (SSSR count). The number of anilines is 1. The Bertz CT molecular complexity index is 1010. The maximum absolute atomic E-state index is 12.3. The Labute approximate surface area is 176 Å². The molecule has 30 heavy (non-hydrogen) atoms. The molecule has 4 heterocycles. The first-order valence-electron chi connectivity index (χ1n) is 10.7. The van der Waals surface area contributed by atoms with Crippen LogP contribution < -0.4 is 15.0 Å². The van der Waals surface area contributed by atoms with Crippen molar-refractivity contribution in [1.82, 2.24) is 15.3 Å². The minimum absolute atomic E-state index is 0.125. The van der Waals surface area contributed by atoms with Crippen LogP contribution in [0.15, 0.2) is 35.6 Å². The van der Waals surface area contributed by atoms with Crippen LogP contribution in [0.25, 0.3) is 0 Å². The van der Waals surface area contributed by atoms with Crippen LogP contribution in [0.2, 0.25) is 0 Å². The van der Waals surface area contributed by atoms with Crippen LogP contribution in [0.4, 0.5) is 5.82 Å². The van der Waals surface area contributed by atoms with Crippen molar-refractivity contribution >= 4 is 17.4 Å². The van der Waals surface area contributed by atoms with E-state index in [4.69, 9.17) is 9.73 Å². The molecule has 0 atom stereocenters. The zero-order valence-corrected chi connectivity index (χ0v) is 17.5. The lowest BCUT2D eigenvalue weighted by molar-refractivity contribution is -0.128. The van der Waals surface area contributed by atoms with Gasteiger partial charge in [-0.1, -0.05) is 6.07 Å². The van der Waals surface area contributed by atoms with Gasteiger partial charge >= 0.3 is 0 Å². The minimum atomic E-state index is -0.173. The van der Waals surface area contributed by atoms with Crippen LogP contribution in [0, 0.1) is 5.41 Å². The number of amides is 1. The highest BCUT2D eigenvalue weighted by Gasteiger charge is 2.44. The summed E-state index contributed by atoms with van der Waals surface area (Å²) in [6.45, 7) is 7.18. The van der Waals surface area contributed by atoms with Gasteiger partial charge in [-0.2, -0.15) is 0 Å². The van der Waals surface area contributed by atoms with Crippen molar-refractivity contribution in [3.8, 4) is 5.75 Å². The van der Waals surface area contributed by atoms with Gasteiger partial charge in [0.05, 0.1) is 29.5 Å². The molecule has 2 fully saturated rings. The highest BCUT2D eigenvalue weighted by Crippen LogP contribution is 2.39. The summed E-state index contributed by atoms with van der Waals surface area (Å²) in [5, 5.41) is 3.00. The molecule has 7 heteroatoms. The van der Waals surface area contributed by atoms with Gasteiger partial charge in [-0.25, -0.2) is 9.97 Å². The molecule has 1 aromatic heterocycles. The fraction of sp³-hybridized carbons (Fsp3) is 0.478. The molecule has 1 aromatic carbocycles. The Morgan fingerprint density at radius 2 is 1.97 bits per heavy atom. The van der Waals surface area contributed by atoms with Gasteiger partial charge in [-0.05, 0) is 50.8 Å². The molecule has 1 spiro atoms. The summed E-state index contributed by atoms with van der Waals surface area (Å²) in [6.07, 6.45) is 4.44. The highest BCUT2D eigenvalue weighted by molar-refractivity contribution is 6.14. The zero-order chi connectivity index (χ0) is 20.7. The zero-order valence-electron chi connectivity index (χ0n) is 17.5. The summed E-state index contributed by atoms with van der Waals surface area (Å²) in [5.74, 6) is 1.98. The Morgan fingerprint density at radius 3 is 2.70 bits per heavy atom. The molecule has 2 aromatic rings. The van der Waals surface area contributed by atoms with Gasteiger partial charge in [0, 0.05) is 31.3 Å². The average Bonchev–Trinajstić information content (AvgIpc) is 3.32. The standard InChI is InChI=1S/C23H27N5O2/c1-15(2)30-17-4-3-16-13-25-21(18(16)11-17)19-12-20(27-14-26-19)28-9-6-23(7-10-28)5-8-24-22(23)29/h3-4,11-12,14-15H,5-10,13H2,1-2H3,(H,24,29). The summed E-state index contributed by atoms with van der Waals surface area (Å²) < 4.78 is 5.87. The Balaban J connectivity index is 1.36. The van der Waals surface area contributed by atoms with E-state index in [1.807, 2.05) is 26.0 Å². The topological polar surface area (TPSA) is 79.7 Å². The number of aromatic nitrogens is 2. The third-order valence-electron chi connectivity index (χ3n) is 6.43. The first-order valence-corrected chi connectivity index (χ1v) is 10.7. The fourth-order valence-corrected chi connectivity index (χ4v) is 4.73.